The largest absolute Gasteiger partial charge is 2.00 e. The average Bonchev–Trinajstić information content (AvgIpc) is 2.04. The van der Waals surface area contributed by atoms with Gasteiger partial charge in [0.1, 0.15) is 0 Å². The molecular formula is C12H10Cl2Pt. The molecule has 0 unspecified atom stereocenters. The minimum Gasteiger partial charge on any atom is -1.00 e. The minimum atomic E-state index is 0. The van der Waals surface area contributed by atoms with Crippen LogP contribution >= 0.6 is 0 Å². The summed E-state index contributed by atoms with van der Waals surface area (Å²) in [5.74, 6) is 0. The molecule has 0 aromatic heterocycles. The number of allylic oxidation sites excluding steroid dienone is 2. The van der Waals surface area contributed by atoms with Crippen LogP contribution in [0.2, 0.25) is 0 Å². The van der Waals surface area contributed by atoms with Gasteiger partial charge in [0.15, 0.2) is 0 Å². The number of benzene rings is 1. The van der Waals surface area contributed by atoms with Gasteiger partial charge in [-0.1, -0.05) is 11.3 Å². The van der Waals surface area contributed by atoms with Crippen LogP contribution < -0.4 is 35.3 Å². The molecule has 1 aliphatic rings. The van der Waals surface area contributed by atoms with E-state index in [2.05, 4.69) is 19.4 Å². The summed E-state index contributed by atoms with van der Waals surface area (Å²) >= 11 is 0. The van der Waals surface area contributed by atoms with Crippen molar-refractivity contribution >= 4 is 12.7 Å². The molecule has 0 spiro atoms. The zero-order valence-electron chi connectivity index (χ0n) is 8.11. The summed E-state index contributed by atoms with van der Waals surface area (Å²) in [6, 6.07) is 4.00. The number of fused-ring (bicyclic) bond motifs is 1. The van der Waals surface area contributed by atoms with E-state index < -0.39 is 0 Å². The summed E-state index contributed by atoms with van der Waals surface area (Å²) in [6.07, 6.45) is 8.27. The number of hydrogen-bond donors (Lipinski definition) is 0. The molecule has 0 nitrogen and oxygen atoms in total. The van der Waals surface area contributed by atoms with Crippen LogP contribution in [0.5, 0.6) is 0 Å². The molecule has 1 aromatic carbocycles. The normalized spacial score (nSPS) is 10.4. The van der Waals surface area contributed by atoms with Crippen LogP contribution in [0.4, 0.5) is 0 Å². The van der Waals surface area contributed by atoms with Gasteiger partial charge in [0, 0.05) is 6.07 Å². The zero-order valence-corrected chi connectivity index (χ0v) is 11.9. The Bertz CT molecular complexity index is 449. The molecule has 1 aliphatic carbocycles. The van der Waals surface area contributed by atoms with Gasteiger partial charge in [-0.05, 0) is 19.1 Å². The Labute approximate surface area is 117 Å². The molecule has 0 radical (unpaired) electrons. The molecule has 0 saturated carbocycles. The number of aryl methyl sites for hydroxylation is 1. The summed E-state index contributed by atoms with van der Waals surface area (Å²) in [6.45, 7) is 7.81. The first-order chi connectivity index (χ1) is 5.77. The molecule has 82 valence electrons. The van der Waals surface area contributed by atoms with Crippen molar-refractivity contribution in [3.63, 3.8) is 0 Å². The fourth-order valence-corrected chi connectivity index (χ4v) is 1.53. The second-order valence-corrected chi connectivity index (χ2v) is 3.06. The molecule has 2 rings (SSSR count). The summed E-state index contributed by atoms with van der Waals surface area (Å²) in [5.41, 5.74) is 2.46. The number of halogens is 2. The van der Waals surface area contributed by atoms with Crippen molar-refractivity contribution < 1.29 is 45.9 Å². The van der Waals surface area contributed by atoms with Crippen molar-refractivity contribution in [2.24, 2.45) is 0 Å². The van der Waals surface area contributed by atoms with Gasteiger partial charge in [-0.25, -0.2) is 0 Å². The second kappa shape index (κ2) is 7.09. The fraction of sp³-hybridized carbons (Fsp3) is 0.0833. The van der Waals surface area contributed by atoms with E-state index in [1.165, 1.54) is 16.3 Å². The Kier molecular flexibility index (Phi) is 8.11. The van der Waals surface area contributed by atoms with Crippen molar-refractivity contribution in [1.82, 2.24) is 0 Å². The molecule has 3 heteroatoms. The molecular weight excluding hydrogens is 410 g/mol. The van der Waals surface area contributed by atoms with Crippen LogP contribution in [0.1, 0.15) is 11.1 Å². The Balaban J connectivity index is 0. The smallest absolute Gasteiger partial charge is 1.00 e. The van der Waals surface area contributed by atoms with Gasteiger partial charge < -0.3 is 24.8 Å². The van der Waals surface area contributed by atoms with Gasteiger partial charge in [0.25, 0.3) is 0 Å². The molecule has 0 fully saturated rings. The Morgan fingerprint density at radius 3 is 2.53 bits per heavy atom. The van der Waals surface area contributed by atoms with E-state index in [1.54, 1.807) is 0 Å². The standard InChI is InChI=1S/C12H10.2ClH.Pt/c1-9-7-10(2)12-6-4-3-5-11(12)8-9;;;/h1,3-8H,2H3;2*1H;/q;;;+2/p-2. The topological polar surface area (TPSA) is 0 Å². The van der Waals surface area contributed by atoms with Crippen LogP contribution in [-0.2, 0) is 21.1 Å². The van der Waals surface area contributed by atoms with Crippen LogP contribution in [0.25, 0.3) is 12.7 Å². The van der Waals surface area contributed by atoms with E-state index in [9.17, 15) is 0 Å². The molecule has 0 saturated heterocycles. The van der Waals surface area contributed by atoms with E-state index in [0.29, 0.717) is 0 Å². The predicted molar refractivity (Wildman–Crippen MR) is 51.9 cm³/mol. The van der Waals surface area contributed by atoms with E-state index in [4.69, 9.17) is 6.58 Å². The number of hydrogen-bond acceptors (Lipinski definition) is 0. The summed E-state index contributed by atoms with van der Waals surface area (Å²) in [5, 5.41) is 2.12. The fourth-order valence-electron chi connectivity index (χ4n) is 1.53. The summed E-state index contributed by atoms with van der Waals surface area (Å²) in [7, 11) is 0. The van der Waals surface area contributed by atoms with Gasteiger partial charge in [-0.15, -0.1) is 30.2 Å². The van der Waals surface area contributed by atoms with Gasteiger partial charge in [-0.3, -0.25) is 0 Å². The first kappa shape index (κ1) is 17.2. The van der Waals surface area contributed by atoms with Crippen molar-refractivity contribution in [3.8, 4) is 0 Å². The van der Waals surface area contributed by atoms with Crippen molar-refractivity contribution in [2.75, 3.05) is 0 Å². The van der Waals surface area contributed by atoms with E-state index in [-0.39, 0.29) is 45.9 Å². The summed E-state index contributed by atoms with van der Waals surface area (Å²) in [4.78, 5) is 0. The quantitative estimate of drug-likeness (QED) is 0.370. The molecule has 1 aromatic rings. The molecule has 0 aliphatic heterocycles. The average molecular weight is 420 g/mol. The van der Waals surface area contributed by atoms with Crippen molar-refractivity contribution in [3.05, 3.63) is 52.3 Å². The monoisotopic (exact) mass is 419 g/mol. The van der Waals surface area contributed by atoms with Crippen LogP contribution in [0, 0.1) is 13.3 Å². The van der Waals surface area contributed by atoms with E-state index in [1.807, 2.05) is 24.3 Å². The van der Waals surface area contributed by atoms with Crippen molar-refractivity contribution in [2.45, 2.75) is 6.92 Å². The van der Waals surface area contributed by atoms with E-state index >= 15 is 0 Å². The SMILES string of the molecule is [CH+]=c1cc(C)c2c(c1)[CH-]C=CC=2.[Cl-].[Cl-].[Pt+2]. The van der Waals surface area contributed by atoms with Gasteiger partial charge in [0.05, 0.1) is 5.22 Å². The Hall–Kier alpha value is -0.252. The summed E-state index contributed by atoms with van der Waals surface area (Å²) < 4.78 is 0. The maximum absolute atomic E-state index is 5.72. The molecule has 0 atom stereocenters. The Morgan fingerprint density at radius 1 is 1.20 bits per heavy atom. The van der Waals surface area contributed by atoms with Crippen LogP contribution in [0.15, 0.2) is 24.3 Å². The van der Waals surface area contributed by atoms with Gasteiger partial charge in [-0.2, -0.15) is 0 Å². The van der Waals surface area contributed by atoms with Crippen LogP contribution in [0.3, 0.4) is 0 Å². The van der Waals surface area contributed by atoms with Gasteiger partial charge >= 0.3 is 21.1 Å². The van der Waals surface area contributed by atoms with Gasteiger partial charge in [0.2, 0.25) is 0 Å². The molecule has 0 amide bonds. The van der Waals surface area contributed by atoms with Crippen LogP contribution in [-0.4, -0.2) is 0 Å². The number of rotatable bonds is 0. The minimum absolute atomic E-state index is 0. The Morgan fingerprint density at radius 2 is 1.87 bits per heavy atom. The molecule has 0 bridgehead atoms. The first-order valence-corrected chi connectivity index (χ1v) is 4.02. The molecule has 0 N–H and O–H groups in total. The zero-order chi connectivity index (χ0) is 8.55. The molecule has 15 heavy (non-hydrogen) atoms. The molecule has 0 heterocycles. The van der Waals surface area contributed by atoms with E-state index in [0.717, 1.165) is 5.22 Å². The second-order valence-electron chi connectivity index (χ2n) is 3.06. The first-order valence-electron chi connectivity index (χ1n) is 4.02. The third kappa shape index (κ3) is 3.67. The predicted octanol–water partition coefficient (Wildman–Crippen LogP) is -4.81. The maximum Gasteiger partial charge on any atom is 2.00 e. The maximum atomic E-state index is 5.72. The third-order valence-corrected chi connectivity index (χ3v) is 2.09. The third-order valence-electron chi connectivity index (χ3n) is 2.09. The van der Waals surface area contributed by atoms with Crippen molar-refractivity contribution in [1.29, 1.82) is 0 Å².